The Kier molecular flexibility index (Phi) is 6.13. The molecular weight excluding hydrogens is 376 g/mol. The Balaban J connectivity index is 1.36. The van der Waals surface area contributed by atoms with Crippen LogP contribution in [0.4, 0.5) is 11.5 Å². The zero-order valence-electron chi connectivity index (χ0n) is 17.1. The van der Waals surface area contributed by atoms with E-state index in [4.69, 9.17) is 4.74 Å². The molecule has 0 aliphatic carbocycles. The van der Waals surface area contributed by atoms with Crippen LogP contribution in [-0.2, 0) is 4.79 Å². The lowest BCUT2D eigenvalue weighted by atomic mass is 10.2. The van der Waals surface area contributed by atoms with E-state index in [1.807, 2.05) is 89.6 Å². The predicted octanol–water partition coefficient (Wildman–Crippen LogP) is 3.66. The van der Waals surface area contributed by atoms with Gasteiger partial charge in [-0.05, 0) is 36.4 Å². The van der Waals surface area contributed by atoms with Crippen molar-refractivity contribution in [2.24, 2.45) is 0 Å². The maximum Gasteiger partial charge on any atom is 0.242 e. The Morgan fingerprint density at radius 1 is 0.933 bits per heavy atom. The van der Waals surface area contributed by atoms with E-state index in [2.05, 4.69) is 9.88 Å². The van der Waals surface area contributed by atoms with Gasteiger partial charge in [0, 0.05) is 39.4 Å². The average molecular weight is 402 g/mol. The molecule has 0 saturated carbocycles. The molecule has 3 aromatic rings. The average Bonchev–Trinajstić information content (AvgIpc) is 2.81. The number of ether oxygens (including phenoxy) is 1. The summed E-state index contributed by atoms with van der Waals surface area (Å²) in [4.78, 5) is 23.4. The van der Waals surface area contributed by atoms with E-state index < -0.39 is 0 Å². The van der Waals surface area contributed by atoms with Crippen LogP contribution >= 0.6 is 0 Å². The van der Waals surface area contributed by atoms with Crippen LogP contribution in [0.5, 0.6) is 11.5 Å². The zero-order valence-corrected chi connectivity index (χ0v) is 17.1. The number of rotatable bonds is 6. The molecule has 0 bridgehead atoms. The smallest absolute Gasteiger partial charge is 0.242 e. The number of hydrogen-bond acceptors (Lipinski definition) is 5. The SMILES string of the molecule is CN(CC(=O)N1CCN(c2ccccn2)CC1)c1ccccc1Oc1ccccc1. The van der Waals surface area contributed by atoms with Gasteiger partial charge in [-0.3, -0.25) is 4.79 Å². The first-order valence-corrected chi connectivity index (χ1v) is 10.2. The van der Waals surface area contributed by atoms with Gasteiger partial charge in [0.1, 0.15) is 11.6 Å². The highest BCUT2D eigenvalue weighted by atomic mass is 16.5. The monoisotopic (exact) mass is 402 g/mol. The summed E-state index contributed by atoms with van der Waals surface area (Å²) in [5.74, 6) is 2.59. The molecule has 2 aromatic carbocycles. The van der Waals surface area contributed by atoms with Gasteiger partial charge < -0.3 is 19.4 Å². The second-order valence-electron chi connectivity index (χ2n) is 7.29. The van der Waals surface area contributed by atoms with Crippen LogP contribution in [-0.4, -0.2) is 55.6 Å². The molecule has 0 atom stereocenters. The molecule has 1 aliphatic heterocycles. The largest absolute Gasteiger partial charge is 0.455 e. The van der Waals surface area contributed by atoms with Crippen molar-refractivity contribution >= 4 is 17.4 Å². The van der Waals surface area contributed by atoms with Gasteiger partial charge in [-0.15, -0.1) is 0 Å². The Morgan fingerprint density at radius 3 is 2.37 bits per heavy atom. The van der Waals surface area contributed by atoms with Crippen LogP contribution < -0.4 is 14.5 Å². The molecule has 4 rings (SSSR count). The molecule has 2 heterocycles. The van der Waals surface area contributed by atoms with Gasteiger partial charge >= 0.3 is 0 Å². The molecule has 6 heteroatoms. The summed E-state index contributed by atoms with van der Waals surface area (Å²) in [5.41, 5.74) is 0.891. The summed E-state index contributed by atoms with van der Waals surface area (Å²) >= 11 is 0. The Labute approximate surface area is 177 Å². The molecule has 154 valence electrons. The number of pyridine rings is 1. The number of hydrogen-bond donors (Lipinski definition) is 0. The number of carbonyl (C=O) groups excluding carboxylic acids is 1. The standard InChI is InChI=1S/C24H26N4O2/c1-26(21-11-5-6-12-22(21)30-20-9-3-2-4-10-20)19-24(29)28-17-15-27(16-18-28)23-13-7-8-14-25-23/h2-14H,15-19H2,1H3. The first kappa shape index (κ1) is 19.8. The maximum absolute atomic E-state index is 12.9. The van der Waals surface area contributed by atoms with E-state index in [1.54, 1.807) is 6.20 Å². The molecule has 1 aromatic heterocycles. The number of aromatic nitrogens is 1. The van der Waals surface area contributed by atoms with Crippen LogP contribution in [0.25, 0.3) is 0 Å². The van der Waals surface area contributed by atoms with Crippen LogP contribution in [0, 0.1) is 0 Å². The second-order valence-corrected chi connectivity index (χ2v) is 7.29. The number of para-hydroxylation sites is 3. The summed E-state index contributed by atoms with van der Waals surface area (Å²) in [6, 6.07) is 23.4. The fourth-order valence-electron chi connectivity index (χ4n) is 3.59. The van der Waals surface area contributed by atoms with Crippen molar-refractivity contribution in [3.8, 4) is 11.5 Å². The molecular formula is C24H26N4O2. The van der Waals surface area contributed by atoms with Gasteiger partial charge in [-0.25, -0.2) is 4.98 Å². The lowest BCUT2D eigenvalue weighted by Crippen LogP contribution is -2.51. The molecule has 1 saturated heterocycles. The van der Waals surface area contributed by atoms with Crippen LogP contribution in [0.2, 0.25) is 0 Å². The fraction of sp³-hybridized carbons (Fsp3) is 0.250. The number of anilines is 2. The number of benzene rings is 2. The number of amides is 1. The maximum atomic E-state index is 12.9. The summed E-state index contributed by atoms with van der Waals surface area (Å²) in [6.45, 7) is 3.29. The van der Waals surface area contributed by atoms with Gasteiger partial charge in [0.05, 0.1) is 12.2 Å². The summed E-state index contributed by atoms with van der Waals surface area (Å²) in [5, 5.41) is 0. The van der Waals surface area contributed by atoms with Crippen molar-refractivity contribution in [3.05, 3.63) is 79.0 Å². The van der Waals surface area contributed by atoms with E-state index in [0.29, 0.717) is 19.6 Å². The Morgan fingerprint density at radius 2 is 1.63 bits per heavy atom. The molecule has 0 spiro atoms. The van der Waals surface area contributed by atoms with E-state index in [-0.39, 0.29) is 5.91 Å². The first-order valence-electron chi connectivity index (χ1n) is 10.2. The van der Waals surface area contributed by atoms with Gasteiger partial charge in [0.2, 0.25) is 5.91 Å². The number of likely N-dealkylation sites (N-methyl/N-ethyl adjacent to an activating group) is 1. The minimum Gasteiger partial charge on any atom is -0.455 e. The predicted molar refractivity (Wildman–Crippen MR) is 119 cm³/mol. The first-order chi connectivity index (χ1) is 14.7. The highest BCUT2D eigenvalue weighted by molar-refractivity contribution is 5.82. The molecule has 0 N–H and O–H groups in total. The fourth-order valence-corrected chi connectivity index (χ4v) is 3.59. The summed E-state index contributed by atoms with van der Waals surface area (Å²) < 4.78 is 6.04. The molecule has 1 amide bonds. The Hall–Kier alpha value is -3.54. The third-order valence-electron chi connectivity index (χ3n) is 5.23. The van der Waals surface area contributed by atoms with Crippen LogP contribution in [0.1, 0.15) is 0 Å². The van der Waals surface area contributed by atoms with E-state index >= 15 is 0 Å². The second kappa shape index (κ2) is 9.31. The molecule has 0 radical (unpaired) electrons. The van der Waals surface area contributed by atoms with Crippen molar-refractivity contribution < 1.29 is 9.53 Å². The van der Waals surface area contributed by atoms with Crippen molar-refractivity contribution in [3.63, 3.8) is 0 Å². The number of piperazine rings is 1. The summed E-state index contributed by atoms with van der Waals surface area (Å²) in [7, 11) is 1.93. The summed E-state index contributed by atoms with van der Waals surface area (Å²) in [6.07, 6.45) is 1.80. The van der Waals surface area contributed by atoms with Crippen molar-refractivity contribution in [1.82, 2.24) is 9.88 Å². The number of nitrogens with zero attached hydrogens (tertiary/aromatic N) is 4. The van der Waals surface area contributed by atoms with E-state index in [9.17, 15) is 4.79 Å². The molecule has 6 nitrogen and oxygen atoms in total. The Bertz CT molecular complexity index is 957. The lowest BCUT2D eigenvalue weighted by Gasteiger charge is -2.36. The molecule has 30 heavy (non-hydrogen) atoms. The minimum atomic E-state index is 0.118. The zero-order chi connectivity index (χ0) is 20.8. The van der Waals surface area contributed by atoms with Crippen molar-refractivity contribution in [2.45, 2.75) is 0 Å². The lowest BCUT2D eigenvalue weighted by molar-refractivity contribution is -0.129. The minimum absolute atomic E-state index is 0.118. The molecule has 1 aliphatic rings. The highest BCUT2D eigenvalue weighted by Gasteiger charge is 2.23. The van der Waals surface area contributed by atoms with Crippen molar-refractivity contribution in [2.75, 3.05) is 49.6 Å². The molecule has 1 fully saturated rings. The third kappa shape index (κ3) is 4.71. The van der Waals surface area contributed by atoms with Gasteiger partial charge in [-0.2, -0.15) is 0 Å². The topological polar surface area (TPSA) is 48.9 Å². The molecule has 0 unspecified atom stereocenters. The van der Waals surface area contributed by atoms with Gasteiger partial charge in [-0.1, -0.05) is 36.4 Å². The van der Waals surface area contributed by atoms with E-state index in [1.165, 1.54) is 0 Å². The van der Waals surface area contributed by atoms with Gasteiger partial charge in [0.25, 0.3) is 0 Å². The number of carbonyl (C=O) groups is 1. The van der Waals surface area contributed by atoms with Crippen molar-refractivity contribution in [1.29, 1.82) is 0 Å². The quantitative estimate of drug-likeness (QED) is 0.630. The third-order valence-corrected chi connectivity index (χ3v) is 5.23. The normalized spacial score (nSPS) is 13.8. The van der Waals surface area contributed by atoms with Crippen LogP contribution in [0.3, 0.4) is 0 Å². The van der Waals surface area contributed by atoms with E-state index in [0.717, 1.165) is 36.1 Å². The highest BCUT2D eigenvalue weighted by Crippen LogP contribution is 2.31. The van der Waals surface area contributed by atoms with Crippen LogP contribution in [0.15, 0.2) is 79.0 Å². The van der Waals surface area contributed by atoms with Gasteiger partial charge in [0.15, 0.2) is 5.75 Å².